The highest BCUT2D eigenvalue weighted by atomic mass is 15.1. The molecule has 0 aromatic heterocycles. The highest BCUT2D eigenvalue weighted by Gasteiger charge is 2.46. The third kappa shape index (κ3) is 6.64. The van der Waals surface area contributed by atoms with Crippen molar-refractivity contribution in [3.8, 4) is 55.6 Å². The van der Waals surface area contributed by atoms with Crippen molar-refractivity contribution in [1.29, 1.82) is 0 Å². The van der Waals surface area contributed by atoms with Crippen molar-refractivity contribution in [2.75, 3.05) is 4.90 Å². The number of hydrogen-bond donors (Lipinski definition) is 0. The summed E-state index contributed by atoms with van der Waals surface area (Å²) < 4.78 is 0. The maximum absolute atomic E-state index is 2.46. The Morgan fingerprint density at radius 3 is 1.47 bits per heavy atom. The normalized spacial score (nSPS) is 12.4. The number of fused-ring (bicyclic) bond motifs is 4. The summed E-state index contributed by atoms with van der Waals surface area (Å²) in [7, 11) is 0. The molecule has 0 aliphatic heterocycles. The van der Waals surface area contributed by atoms with E-state index in [-0.39, 0.29) is 0 Å². The van der Waals surface area contributed by atoms with Gasteiger partial charge >= 0.3 is 0 Å². The molecule has 1 heteroatoms. The van der Waals surface area contributed by atoms with Crippen LogP contribution in [0.3, 0.4) is 0 Å². The van der Waals surface area contributed by atoms with E-state index in [0.717, 1.165) is 22.6 Å². The van der Waals surface area contributed by atoms with E-state index in [1.54, 1.807) is 0 Å². The van der Waals surface area contributed by atoms with Crippen molar-refractivity contribution in [3.05, 3.63) is 295 Å². The van der Waals surface area contributed by atoms with Crippen LogP contribution < -0.4 is 4.90 Å². The Balaban J connectivity index is 1.03. The minimum absolute atomic E-state index is 0.522. The predicted octanol–water partition coefficient (Wildman–Crippen LogP) is 17.3. The Hall–Kier alpha value is -8.52. The van der Waals surface area contributed by atoms with Crippen molar-refractivity contribution in [3.63, 3.8) is 0 Å². The maximum atomic E-state index is 2.46. The summed E-state index contributed by atoms with van der Waals surface area (Å²) in [6, 6.07) is 100. The summed E-state index contributed by atoms with van der Waals surface area (Å²) in [6.07, 6.45) is 0. The summed E-state index contributed by atoms with van der Waals surface area (Å²) in [5, 5.41) is 2.51. The van der Waals surface area contributed by atoms with Crippen LogP contribution in [0, 0.1) is 0 Å². The average Bonchev–Trinajstić information content (AvgIpc) is 3.70. The summed E-state index contributed by atoms with van der Waals surface area (Å²) in [5.41, 5.74) is 19.9. The van der Waals surface area contributed by atoms with Gasteiger partial charge in [-0.1, -0.05) is 231 Å². The van der Waals surface area contributed by atoms with Crippen LogP contribution in [0.2, 0.25) is 0 Å². The SMILES string of the molecule is c1ccc(-c2ccccc2-c2cccc(N(c3ccc(-c4cccc(-c5cccc6ccccc56)c4)cc3)c3ccc4c(c3)C(c3ccccc3)(c3ccccc3)c3ccccc3-4)c2)cc1. The molecule has 0 radical (unpaired) electrons. The predicted molar refractivity (Wildman–Crippen MR) is 278 cm³/mol. The number of hydrogen-bond acceptors (Lipinski definition) is 1. The minimum atomic E-state index is -0.522. The molecule has 0 saturated carbocycles. The van der Waals surface area contributed by atoms with E-state index in [0.29, 0.717) is 0 Å². The van der Waals surface area contributed by atoms with Crippen LogP contribution >= 0.6 is 0 Å². The van der Waals surface area contributed by atoms with Crippen molar-refractivity contribution in [2.24, 2.45) is 0 Å². The van der Waals surface area contributed by atoms with Gasteiger partial charge in [0.25, 0.3) is 0 Å². The first-order valence-corrected chi connectivity index (χ1v) is 22.8. The van der Waals surface area contributed by atoms with Crippen LogP contribution in [0.5, 0.6) is 0 Å². The van der Waals surface area contributed by atoms with E-state index in [2.05, 4.69) is 278 Å². The average molecular weight is 840 g/mol. The maximum Gasteiger partial charge on any atom is 0.0714 e. The molecule has 0 fully saturated rings. The summed E-state index contributed by atoms with van der Waals surface area (Å²) >= 11 is 0. The zero-order chi connectivity index (χ0) is 43.9. The lowest BCUT2D eigenvalue weighted by Gasteiger charge is -2.35. The highest BCUT2D eigenvalue weighted by Crippen LogP contribution is 2.57. The number of nitrogens with zero attached hydrogens (tertiary/aromatic N) is 1. The molecule has 0 unspecified atom stereocenters. The number of benzene rings is 11. The van der Waals surface area contributed by atoms with Crippen LogP contribution in [0.15, 0.2) is 273 Å². The van der Waals surface area contributed by atoms with Gasteiger partial charge in [0.15, 0.2) is 0 Å². The van der Waals surface area contributed by atoms with Gasteiger partial charge in [-0.05, 0) is 131 Å². The van der Waals surface area contributed by atoms with E-state index >= 15 is 0 Å². The smallest absolute Gasteiger partial charge is 0.0714 e. The zero-order valence-corrected chi connectivity index (χ0v) is 36.4. The van der Waals surface area contributed by atoms with Gasteiger partial charge in [0.1, 0.15) is 0 Å². The van der Waals surface area contributed by atoms with Crippen LogP contribution in [-0.2, 0) is 5.41 Å². The molecular formula is C65H45N. The Morgan fingerprint density at radius 2 is 0.727 bits per heavy atom. The monoisotopic (exact) mass is 839 g/mol. The molecule has 0 spiro atoms. The molecule has 11 aromatic rings. The molecule has 310 valence electrons. The van der Waals surface area contributed by atoms with Gasteiger partial charge in [0.2, 0.25) is 0 Å². The molecule has 0 saturated heterocycles. The second-order valence-corrected chi connectivity index (χ2v) is 17.2. The van der Waals surface area contributed by atoms with Gasteiger partial charge in [-0.25, -0.2) is 0 Å². The largest absolute Gasteiger partial charge is 0.310 e. The van der Waals surface area contributed by atoms with Crippen LogP contribution in [0.4, 0.5) is 17.1 Å². The first-order valence-electron chi connectivity index (χ1n) is 22.8. The Bertz CT molecular complexity index is 3470. The van der Waals surface area contributed by atoms with Gasteiger partial charge in [0, 0.05) is 17.1 Å². The van der Waals surface area contributed by atoms with E-state index < -0.39 is 5.41 Å². The first kappa shape index (κ1) is 39.1. The molecule has 66 heavy (non-hydrogen) atoms. The molecule has 1 aliphatic rings. The lowest BCUT2D eigenvalue weighted by atomic mass is 9.67. The molecule has 1 aliphatic carbocycles. The third-order valence-electron chi connectivity index (χ3n) is 13.5. The lowest BCUT2D eigenvalue weighted by molar-refractivity contribution is 0.768. The summed E-state index contributed by atoms with van der Waals surface area (Å²) in [5.74, 6) is 0. The fourth-order valence-corrected chi connectivity index (χ4v) is 10.6. The molecule has 0 N–H and O–H groups in total. The molecule has 0 heterocycles. The van der Waals surface area contributed by atoms with Crippen LogP contribution in [0.25, 0.3) is 66.4 Å². The molecule has 0 atom stereocenters. The summed E-state index contributed by atoms with van der Waals surface area (Å²) in [6.45, 7) is 0. The molecule has 12 rings (SSSR count). The number of anilines is 3. The molecule has 1 nitrogen and oxygen atoms in total. The van der Waals surface area contributed by atoms with Crippen LogP contribution in [0.1, 0.15) is 22.3 Å². The fourth-order valence-electron chi connectivity index (χ4n) is 10.6. The Morgan fingerprint density at radius 1 is 0.242 bits per heavy atom. The second-order valence-electron chi connectivity index (χ2n) is 17.2. The third-order valence-corrected chi connectivity index (χ3v) is 13.5. The van der Waals surface area contributed by atoms with Gasteiger partial charge < -0.3 is 4.90 Å². The summed E-state index contributed by atoms with van der Waals surface area (Å²) in [4.78, 5) is 2.44. The van der Waals surface area contributed by atoms with Gasteiger partial charge in [-0.3, -0.25) is 0 Å². The standard InChI is InChI=1S/C65H45N/c1-4-19-47(20-5-1)57-32-12-13-33-59(57)51-25-17-30-55(44-51)66(54-39-37-46(38-40-54)49-23-16-24-50(43-49)60-35-18-22-48-21-10-11-31-58(48)60)56-41-42-62-61-34-14-15-36-63(61)65(64(62)45-56,52-26-6-2-7-27-52)53-28-8-3-9-29-53/h1-45H. The molecule has 11 aromatic carbocycles. The van der Waals surface area contributed by atoms with Crippen molar-refractivity contribution in [2.45, 2.75) is 5.41 Å². The molecule has 0 bridgehead atoms. The Labute approximate surface area is 387 Å². The number of rotatable bonds is 9. The first-order chi connectivity index (χ1) is 32.7. The Kier molecular flexibility index (Phi) is 9.81. The van der Waals surface area contributed by atoms with Crippen molar-refractivity contribution in [1.82, 2.24) is 0 Å². The minimum Gasteiger partial charge on any atom is -0.310 e. The van der Waals surface area contributed by atoms with Gasteiger partial charge in [-0.15, -0.1) is 0 Å². The lowest BCUT2D eigenvalue weighted by Crippen LogP contribution is -2.28. The second kappa shape index (κ2) is 16.6. The molecule has 0 amide bonds. The van der Waals surface area contributed by atoms with Gasteiger partial charge in [0.05, 0.1) is 5.41 Å². The van der Waals surface area contributed by atoms with E-state index in [9.17, 15) is 0 Å². The highest BCUT2D eigenvalue weighted by molar-refractivity contribution is 5.97. The molecular weight excluding hydrogens is 795 g/mol. The van der Waals surface area contributed by atoms with Crippen molar-refractivity contribution < 1.29 is 0 Å². The van der Waals surface area contributed by atoms with E-state index in [1.807, 2.05) is 0 Å². The van der Waals surface area contributed by atoms with E-state index in [1.165, 1.54) is 83.1 Å². The quantitative estimate of drug-likeness (QED) is 0.140. The fraction of sp³-hybridized carbons (Fsp3) is 0.0154. The van der Waals surface area contributed by atoms with Crippen LogP contribution in [-0.4, -0.2) is 0 Å². The van der Waals surface area contributed by atoms with E-state index in [4.69, 9.17) is 0 Å². The van der Waals surface area contributed by atoms with Crippen molar-refractivity contribution >= 4 is 27.8 Å². The topological polar surface area (TPSA) is 3.24 Å². The van der Waals surface area contributed by atoms with Gasteiger partial charge in [-0.2, -0.15) is 0 Å². The zero-order valence-electron chi connectivity index (χ0n) is 36.4.